The van der Waals surface area contributed by atoms with Gasteiger partial charge < -0.3 is 4.98 Å². The molecule has 0 amide bonds. The smallest absolute Gasteiger partial charge is 0.215 e. The minimum atomic E-state index is -3.33. The maximum atomic E-state index is 12.0. The van der Waals surface area contributed by atoms with E-state index in [-0.39, 0.29) is 5.75 Å². The fraction of sp³-hybridized carbons (Fsp3) is 0.188. The van der Waals surface area contributed by atoms with Gasteiger partial charge >= 0.3 is 0 Å². The lowest BCUT2D eigenvalue weighted by Gasteiger charge is -2.05. The Hall–Kier alpha value is -2.18. The molecule has 5 nitrogen and oxygen atoms in total. The largest absolute Gasteiger partial charge is 0.342 e. The van der Waals surface area contributed by atoms with Crippen molar-refractivity contribution in [3.63, 3.8) is 0 Å². The SMILES string of the molecule is O=S(=O)(Cc1ccccc1)NCCc1nc2ccccc2[nH]1. The summed E-state index contributed by atoms with van der Waals surface area (Å²) in [6.07, 6.45) is 0.530. The Morgan fingerprint density at radius 3 is 2.50 bits per heavy atom. The molecule has 0 saturated heterocycles. The van der Waals surface area contributed by atoms with Crippen LogP contribution in [0.2, 0.25) is 0 Å². The predicted octanol–water partition coefficient (Wildman–Crippen LogP) is 2.22. The molecular weight excluding hydrogens is 298 g/mol. The Labute approximate surface area is 129 Å². The summed E-state index contributed by atoms with van der Waals surface area (Å²) in [6.45, 7) is 0.328. The molecule has 2 aromatic carbocycles. The topological polar surface area (TPSA) is 74.8 Å². The molecule has 0 atom stereocenters. The summed E-state index contributed by atoms with van der Waals surface area (Å²) in [6, 6.07) is 16.9. The van der Waals surface area contributed by atoms with E-state index >= 15 is 0 Å². The van der Waals surface area contributed by atoms with Gasteiger partial charge in [-0.3, -0.25) is 0 Å². The molecule has 22 heavy (non-hydrogen) atoms. The van der Waals surface area contributed by atoms with Crippen LogP contribution in [0.4, 0.5) is 0 Å². The minimum absolute atomic E-state index is 0.00598. The molecule has 0 aliphatic rings. The van der Waals surface area contributed by atoms with Crippen LogP contribution in [0, 0.1) is 0 Å². The lowest BCUT2D eigenvalue weighted by Crippen LogP contribution is -2.27. The minimum Gasteiger partial charge on any atom is -0.342 e. The van der Waals surface area contributed by atoms with Crippen LogP contribution in [0.1, 0.15) is 11.4 Å². The van der Waals surface area contributed by atoms with Gasteiger partial charge in [-0.05, 0) is 17.7 Å². The van der Waals surface area contributed by atoms with E-state index in [2.05, 4.69) is 14.7 Å². The third-order valence-corrected chi connectivity index (χ3v) is 4.68. The summed E-state index contributed by atoms with van der Waals surface area (Å²) < 4.78 is 26.7. The predicted molar refractivity (Wildman–Crippen MR) is 86.9 cm³/mol. The van der Waals surface area contributed by atoms with Gasteiger partial charge in [0, 0.05) is 13.0 Å². The van der Waals surface area contributed by atoms with E-state index in [0.29, 0.717) is 13.0 Å². The van der Waals surface area contributed by atoms with Crippen molar-refractivity contribution in [2.75, 3.05) is 6.54 Å². The van der Waals surface area contributed by atoms with Crippen molar-refractivity contribution in [3.05, 3.63) is 66.0 Å². The number of fused-ring (bicyclic) bond motifs is 1. The van der Waals surface area contributed by atoms with E-state index in [1.807, 2.05) is 42.5 Å². The van der Waals surface area contributed by atoms with Gasteiger partial charge in [0.05, 0.1) is 16.8 Å². The average Bonchev–Trinajstić information content (AvgIpc) is 2.90. The van der Waals surface area contributed by atoms with Crippen LogP contribution < -0.4 is 4.72 Å². The van der Waals surface area contributed by atoms with E-state index in [1.165, 1.54) is 0 Å². The second-order valence-electron chi connectivity index (χ2n) is 5.09. The number of aromatic amines is 1. The van der Waals surface area contributed by atoms with Gasteiger partial charge in [-0.2, -0.15) is 0 Å². The van der Waals surface area contributed by atoms with Gasteiger partial charge in [0.15, 0.2) is 0 Å². The van der Waals surface area contributed by atoms with Crippen molar-refractivity contribution in [1.29, 1.82) is 0 Å². The lowest BCUT2D eigenvalue weighted by molar-refractivity contribution is 0.580. The van der Waals surface area contributed by atoms with E-state index in [4.69, 9.17) is 0 Å². The number of hydrogen-bond acceptors (Lipinski definition) is 3. The Morgan fingerprint density at radius 2 is 1.73 bits per heavy atom. The summed E-state index contributed by atoms with van der Waals surface area (Å²) in [5, 5.41) is 0. The summed E-state index contributed by atoms with van der Waals surface area (Å²) in [5.74, 6) is 0.775. The molecule has 0 aliphatic heterocycles. The summed E-state index contributed by atoms with van der Waals surface area (Å²) >= 11 is 0. The molecule has 0 unspecified atom stereocenters. The Morgan fingerprint density at radius 1 is 1.00 bits per heavy atom. The van der Waals surface area contributed by atoms with Crippen molar-refractivity contribution in [2.45, 2.75) is 12.2 Å². The Bertz CT molecular complexity index is 824. The summed E-state index contributed by atoms with van der Waals surface area (Å²) in [7, 11) is -3.33. The van der Waals surface area contributed by atoms with Crippen molar-refractivity contribution in [3.8, 4) is 0 Å². The zero-order chi connectivity index (χ0) is 15.4. The number of imidazole rings is 1. The van der Waals surface area contributed by atoms with Gasteiger partial charge in [-0.1, -0.05) is 42.5 Å². The fourth-order valence-corrected chi connectivity index (χ4v) is 3.44. The molecule has 3 aromatic rings. The number of para-hydroxylation sites is 2. The number of rotatable bonds is 6. The van der Waals surface area contributed by atoms with Crippen LogP contribution in [0.15, 0.2) is 54.6 Å². The van der Waals surface area contributed by atoms with Crippen LogP contribution in [0.25, 0.3) is 11.0 Å². The summed E-state index contributed by atoms with van der Waals surface area (Å²) in [4.78, 5) is 7.61. The lowest BCUT2D eigenvalue weighted by atomic mass is 10.2. The Kier molecular flexibility index (Phi) is 4.22. The quantitative estimate of drug-likeness (QED) is 0.732. The third-order valence-electron chi connectivity index (χ3n) is 3.32. The fourth-order valence-electron chi connectivity index (χ4n) is 2.29. The molecule has 1 aromatic heterocycles. The molecule has 0 aliphatic carbocycles. The highest BCUT2D eigenvalue weighted by Crippen LogP contribution is 2.10. The highest BCUT2D eigenvalue weighted by molar-refractivity contribution is 7.88. The van der Waals surface area contributed by atoms with Gasteiger partial charge in [0.25, 0.3) is 0 Å². The van der Waals surface area contributed by atoms with Crippen molar-refractivity contribution in [1.82, 2.24) is 14.7 Å². The van der Waals surface area contributed by atoms with E-state index in [1.54, 1.807) is 12.1 Å². The zero-order valence-electron chi connectivity index (χ0n) is 12.0. The van der Waals surface area contributed by atoms with Crippen LogP contribution >= 0.6 is 0 Å². The van der Waals surface area contributed by atoms with Gasteiger partial charge in [-0.25, -0.2) is 18.1 Å². The van der Waals surface area contributed by atoms with Crippen LogP contribution in [-0.2, 0) is 22.2 Å². The number of benzene rings is 2. The molecule has 2 N–H and O–H groups in total. The zero-order valence-corrected chi connectivity index (χ0v) is 12.8. The van der Waals surface area contributed by atoms with Crippen LogP contribution in [0.5, 0.6) is 0 Å². The van der Waals surface area contributed by atoms with Crippen LogP contribution in [0.3, 0.4) is 0 Å². The second-order valence-corrected chi connectivity index (χ2v) is 6.90. The highest BCUT2D eigenvalue weighted by atomic mass is 32.2. The van der Waals surface area contributed by atoms with E-state index < -0.39 is 10.0 Å². The number of nitrogens with zero attached hydrogens (tertiary/aromatic N) is 1. The van der Waals surface area contributed by atoms with E-state index in [9.17, 15) is 8.42 Å². The van der Waals surface area contributed by atoms with Gasteiger partial charge in [-0.15, -0.1) is 0 Å². The first kappa shape index (κ1) is 14.7. The maximum absolute atomic E-state index is 12.0. The number of H-pyrrole nitrogens is 1. The standard InChI is InChI=1S/C16H17N3O2S/c20-22(21,12-13-6-2-1-3-7-13)17-11-10-16-18-14-8-4-5-9-15(14)19-16/h1-9,17H,10-12H2,(H,18,19). The number of nitrogens with one attached hydrogen (secondary N) is 2. The molecule has 6 heteroatoms. The summed E-state index contributed by atoms with van der Waals surface area (Å²) in [5.41, 5.74) is 2.63. The first-order chi connectivity index (χ1) is 10.6. The molecule has 114 valence electrons. The third kappa shape index (κ3) is 3.72. The molecule has 0 fully saturated rings. The molecular formula is C16H17N3O2S. The Balaban J connectivity index is 1.58. The van der Waals surface area contributed by atoms with Crippen molar-refractivity contribution >= 4 is 21.1 Å². The molecule has 0 saturated carbocycles. The first-order valence-electron chi connectivity index (χ1n) is 7.07. The van der Waals surface area contributed by atoms with Crippen molar-refractivity contribution in [2.24, 2.45) is 0 Å². The number of aromatic nitrogens is 2. The van der Waals surface area contributed by atoms with Crippen LogP contribution in [-0.4, -0.2) is 24.9 Å². The van der Waals surface area contributed by atoms with Crippen molar-refractivity contribution < 1.29 is 8.42 Å². The molecule has 0 spiro atoms. The normalized spacial score (nSPS) is 11.8. The average molecular weight is 315 g/mol. The number of sulfonamides is 1. The monoisotopic (exact) mass is 315 g/mol. The maximum Gasteiger partial charge on any atom is 0.215 e. The molecule has 0 bridgehead atoms. The highest BCUT2D eigenvalue weighted by Gasteiger charge is 2.11. The molecule has 0 radical (unpaired) electrons. The second kappa shape index (κ2) is 6.29. The number of hydrogen-bond donors (Lipinski definition) is 2. The van der Waals surface area contributed by atoms with Gasteiger partial charge in [0.1, 0.15) is 5.82 Å². The first-order valence-corrected chi connectivity index (χ1v) is 8.72. The molecule has 3 rings (SSSR count). The van der Waals surface area contributed by atoms with E-state index in [0.717, 1.165) is 22.4 Å². The van der Waals surface area contributed by atoms with Gasteiger partial charge in [0.2, 0.25) is 10.0 Å². The molecule has 1 heterocycles.